The molecule has 1 atom stereocenters. The lowest BCUT2D eigenvalue weighted by molar-refractivity contribution is -0.268. The van der Waals surface area contributed by atoms with Crippen LogP contribution in [0.15, 0.2) is 188 Å². The fourth-order valence-electron chi connectivity index (χ4n) is 6.79. The first-order valence-corrected chi connectivity index (χ1v) is 17.1. The Hall–Kier alpha value is -6.34. The van der Waals surface area contributed by atoms with Gasteiger partial charge in [-0.3, -0.25) is 0 Å². The number of rotatable bonds is 10. The zero-order chi connectivity index (χ0) is 36.3. The highest BCUT2D eigenvalue weighted by molar-refractivity contribution is 5.70. The second kappa shape index (κ2) is 16.6. The Balaban J connectivity index is 0.000000187. The molecule has 0 aliphatic heterocycles. The van der Waals surface area contributed by atoms with Crippen molar-refractivity contribution in [2.45, 2.75) is 11.8 Å². The zero-order valence-electron chi connectivity index (χ0n) is 28.9. The van der Waals surface area contributed by atoms with E-state index >= 15 is 0 Å². The Morgan fingerprint density at radius 1 is 0.423 bits per heavy atom. The standard InChI is InChI=1S/C26H22O4.C20H20NO/c27-21-9-1-17(2-10-21)25(18-3-11-22(28)12-4-18)26(19-5-13-23(29)14-6-19)20-7-15-24(30)16-8-20;1-22-17-21(18-11-5-2-6-12-18,19-13-7-3-8-14-19)20-15-9-4-10-16-20/h1-16,25-30H;2-16H,17H2,1H3/q;+1/p-1. The van der Waals surface area contributed by atoms with Gasteiger partial charge in [-0.15, -0.1) is 5.75 Å². The average Bonchev–Trinajstić information content (AvgIpc) is 3.19. The summed E-state index contributed by atoms with van der Waals surface area (Å²) >= 11 is 0. The molecule has 0 spiro atoms. The van der Waals surface area contributed by atoms with Crippen molar-refractivity contribution in [3.05, 3.63) is 210 Å². The maximum absolute atomic E-state index is 11.7. The summed E-state index contributed by atoms with van der Waals surface area (Å²) < 4.78 is 6.18. The number of benzene rings is 7. The summed E-state index contributed by atoms with van der Waals surface area (Å²) in [7, 11) is 1.75. The second-order valence-corrected chi connectivity index (χ2v) is 12.5. The number of hydrogen-bond donors (Lipinski definition) is 3. The molecule has 0 radical (unpaired) electrons. The minimum absolute atomic E-state index is 0.0611. The molecule has 0 aromatic heterocycles. The molecule has 1 unspecified atom stereocenters. The van der Waals surface area contributed by atoms with E-state index in [0.717, 1.165) is 22.3 Å². The number of methoxy groups -OCH3 is 1. The Kier molecular flexibility index (Phi) is 11.3. The van der Waals surface area contributed by atoms with Crippen molar-refractivity contribution < 1.29 is 25.2 Å². The molecule has 0 aliphatic rings. The minimum Gasteiger partial charge on any atom is -0.872 e. The van der Waals surface area contributed by atoms with Crippen LogP contribution < -0.4 is 9.59 Å². The van der Waals surface area contributed by atoms with Gasteiger partial charge >= 0.3 is 0 Å². The van der Waals surface area contributed by atoms with E-state index in [1.807, 2.05) is 66.7 Å². The highest BCUT2D eigenvalue weighted by atomic mass is 16.5. The lowest BCUT2D eigenvalue weighted by Crippen LogP contribution is -2.40. The fourth-order valence-corrected chi connectivity index (χ4v) is 6.79. The van der Waals surface area contributed by atoms with Crippen LogP contribution in [0.4, 0.5) is 17.1 Å². The van der Waals surface area contributed by atoms with E-state index in [-0.39, 0.29) is 34.8 Å². The highest BCUT2D eigenvalue weighted by Crippen LogP contribution is 2.45. The van der Waals surface area contributed by atoms with Crippen LogP contribution in [0.3, 0.4) is 0 Å². The molecule has 0 saturated heterocycles. The third kappa shape index (κ3) is 8.00. The van der Waals surface area contributed by atoms with E-state index < -0.39 is 0 Å². The summed E-state index contributed by atoms with van der Waals surface area (Å²) in [6.45, 7) is 0.540. The molecule has 7 aromatic rings. The topological polar surface area (TPSA) is 93.0 Å². The van der Waals surface area contributed by atoms with E-state index in [9.17, 15) is 20.4 Å². The van der Waals surface area contributed by atoms with Crippen LogP contribution >= 0.6 is 0 Å². The monoisotopic (exact) mass is 687 g/mol. The molecule has 0 bridgehead atoms. The van der Waals surface area contributed by atoms with Crippen LogP contribution in [-0.2, 0) is 4.74 Å². The average molecular weight is 688 g/mol. The summed E-state index contributed by atoms with van der Waals surface area (Å²) in [6.07, 6.45) is 0. The van der Waals surface area contributed by atoms with Crippen molar-refractivity contribution in [2.24, 2.45) is 0 Å². The SMILES string of the molecule is COC[N+](c1ccccc1)(c1ccccc1)c1ccccc1.[O-]c1ccc(C(c2ccc(O)cc2)C(c2ccc(O)cc2)c2ccc(O)cc2)cc1. The second-order valence-electron chi connectivity index (χ2n) is 12.5. The van der Waals surface area contributed by atoms with Gasteiger partial charge in [-0.1, -0.05) is 115 Å². The minimum atomic E-state index is -0.166. The van der Waals surface area contributed by atoms with Gasteiger partial charge in [0.25, 0.3) is 0 Å². The van der Waals surface area contributed by atoms with E-state index in [4.69, 9.17) is 4.74 Å². The van der Waals surface area contributed by atoms with Crippen molar-refractivity contribution >= 4 is 17.1 Å². The van der Waals surface area contributed by atoms with Crippen molar-refractivity contribution in [3.8, 4) is 23.0 Å². The summed E-state index contributed by atoms with van der Waals surface area (Å²) in [4.78, 5) is 0. The molecule has 52 heavy (non-hydrogen) atoms. The highest BCUT2D eigenvalue weighted by Gasteiger charge is 2.36. The number of hydrogen-bond acceptors (Lipinski definition) is 5. The number of ether oxygens (including phenoxy) is 1. The number of phenolic OH excluding ortho intramolecular Hbond substituents is 3. The van der Waals surface area contributed by atoms with Gasteiger partial charge in [0.05, 0.1) is 0 Å². The van der Waals surface area contributed by atoms with Crippen molar-refractivity contribution in [1.82, 2.24) is 4.48 Å². The van der Waals surface area contributed by atoms with Crippen molar-refractivity contribution in [1.29, 1.82) is 0 Å². The van der Waals surface area contributed by atoms with Crippen LogP contribution in [0.2, 0.25) is 0 Å². The molecule has 0 fully saturated rings. The molecule has 3 N–H and O–H groups in total. The van der Waals surface area contributed by atoms with Crippen LogP contribution in [0, 0.1) is 0 Å². The largest absolute Gasteiger partial charge is 0.872 e. The molecule has 7 aromatic carbocycles. The van der Waals surface area contributed by atoms with Gasteiger partial charge in [0.1, 0.15) is 34.3 Å². The van der Waals surface area contributed by atoms with Gasteiger partial charge in [-0.2, -0.15) is 0 Å². The molecule has 0 aliphatic carbocycles. The summed E-state index contributed by atoms with van der Waals surface area (Å²) in [5.74, 6) is 0.154. The van der Waals surface area contributed by atoms with Gasteiger partial charge in [0.2, 0.25) is 0 Å². The van der Waals surface area contributed by atoms with Gasteiger partial charge in [-0.25, -0.2) is 4.48 Å². The molecule has 7 rings (SSSR count). The van der Waals surface area contributed by atoms with E-state index in [1.54, 1.807) is 55.6 Å². The Bertz CT molecular complexity index is 1820. The van der Waals surface area contributed by atoms with E-state index in [1.165, 1.54) is 17.1 Å². The molecule has 0 heterocycles. The van der Waals surface area contributed by atoms with Gasteiger partial charge in [0, 0.05) is 55.3 Å². The number of para-hydroxylation sites is 3. The number of quaternary nitrogens is 1. The number of aromatic hydroxyl groups is 3. The molecule has 0 saturated carbocycles. The molecule has 260 valence electrons. The lowest BCUT2D eigenvalue weighted by atomic mass is 9.73. The van der Waals surface area contributed by atoms with Crippen LogP contribution in [0.1, 0.15) is 34.1 Å². The summed E-state index contributed by atoms with van der Waals surface area (Å²) in [6, 6.07) is 59.4. The third-order valence-electron chi connectivity index (χ3n) is 9.24. The van der Waals surface area contributed by atoms with Crippen LogP contribution in [-0.4, -0.2) is 29.2 Å². The van der Waals surface area contributed by atoms with Gasteiger partial charge in [-0.05, 0) is 58.7 Å². The fraction of sp³-hybridized carbons (Fsp3) is 0.0870. The Labute approximate surface area is 304 Å². The molecular weight excluding hydrogens is 647 g/mol. The summed E-state index contributed by atoms with van der Waals surface area (Å²) in [5, 5.41) is 41.1. The van der Waals surface area contributed by atoms with Crippen LogP contribution in [0.25, 0.3) is 0 Å². The first-order chi connectivity index (χ1) is 25.4. The van der Waals surface area contributed by atoms with Gasteiger partial charge < -0.3 is 25.2 Å². The van der Waals surface area contributed by atoms with Crippen molar-refractivity contribution in [2.75, 3.05) is 13.8 Å². The van der Waals surface area contributed by atoms with Crippen LogP contribution in [0.5, 0.6) is 23.0 Å². The van der Waals surface area contributed by atoms with Crippen molar-refractivity contribution in [3.63, 3.8) is 0 Å². The molecule has 6 heteroatoms. The normalized spacial score (nSPS) is 11.7. The summed E-state index contributed by atoms with van der Waals surface area (Å²) in [5.41, 5.74) is 7.42. The smallest absolute Gasteiger partial charge is 0.196 e. The van der Waals surface area contributed by atoms with Gasteiger partial charge in [0.15, 0.2) is 6.73 Å². The molecular formula is C46H41NO5. The third-order valence-corrected chi connectivity index (χ3v) is 9.24. The Morgan fingerprint density at radius 3 is 0.962 bits per heavy atom. The predicted octanol–water partition coefficient (Wildman–Crippen LogP) is 10.1. The first kappa shape index (κ1) is 35.5. The van der Waals surface area contributed by atoms with E-state index in [0.29, 0.717) is 11.2 Å². The quantitative estimate of drug-likeness (QED) is 0.0983. The molecule has 6 nitrogen and oxygen atoms in total. The Morgan fingerprint density at radius 2 is 0.692 bits per heavy atom. The lowest BCUT2D eigenvalue weighted by Gasteiger charge is -2.36. The molecule has 0 amide bonds. The van der Waals surface area contributed by atoms with E-state index in [2.05, 4.69) is 72.8 Å². The predicted molar refractivity (Wildman–Crippen MR) is 206 cm³/mol. The number of phenols is 3. The first-order valence-electron chi connectivity index (χ1n) is 17.1. The maximum Gasteiger partial charge on any atom is 0.196 e. The number of nitrogens with zero attached hydrogens (tertiary/aromatic N) is 1. The zero-order valence-corrected chi connectivity index (χ0v) is 28.9. The maximum atomic E-state index is 11.7.